The van der Waals surface area contributed by atoms with Gasteiger partial charge in [-0.2, -0.15) is 13.2 Å². The van der Waals surface area contributed by atoms with E-state index in [4.69, 9.17) is 0 Å². The van der Waals surface area contributed by atoms with Crippen molar-refractivity contribution in [3.05, 3.63) is 77.4 Å². The van der Waals surface area contributed by atoms with Crippen molar-refractivity contribution >= 4 is 29.7 Å². The number of amides is 2. The molecule has 2 aromatic carbocycles. The first-order valence-corrected chi connectivity index (χ1v) is 11.4. The minimum atomic E-state index is -4.43. The molecule has 4 rings (SSSR count). The van der Waals surface area contributed by atoms with E-state index in [1.54, 1.807) is 33.7 Å². The fraction of sp³-hybridized carbons (Fsp3) is 0.333. The molecule has 2 amide bonds. The van der Waals surface area contributed by atoms with Crippen LogP contribution in [0.1, 0.15) is 34.3 Å². The summed E-state index contributed by atoms with van der Waals surface area (Å²) in [7, 11) is 0. The molecule has 2 aromatic rings. The van der Waals surface area contributed by atoms with Crippen LogP contribution >= 0.6 is 11.8 Å². The van der Waals surface area contributed by atoms with Crippen LogP contribution in [0.15, 0.2) is 60.7 Å². The summed E-state index contributed by atoms with van der Waals surface area (Å²) in [6.07, 6.45) is 0.197. The summed E-state index contributed by atoms with van der Waals surface area (Å²) in [6.45, 7) is 1.61. The van der Waals surface area contributed by atoms with E-state index >= 15 is 0 Å². The normalized spacial score (nSPS) is 18.5. The molecule has 0 saturated carbocycles. The van der Waals surface area contributed by atoms with Crippen molar-refractivity contribution in [3.8, 4) is 0 Å². The summed E-state index contributed by atoms with van der Waals surface area (Å²) in [5.74, 6) is 0.452. The van der Waals surface area contributed by atoms with Gasteiger partial charge >= 0.3 is 6.18 Å². The summed E-state index contributed by atoms with van der Waals surface area (Å²) in [4.78, 5) is 28.8. The second kappa shape index (κ2) is 9.02. The van der Waals surface area contributed by atoms with Crippen molar-refractivity contribution in [3.63, 3.8) is 0 Å². The molecule has 2 saturated heterocycles. The van der Waals surface area contributed by atoms with Gasteiger partial charge in [0, 0.05) is 37.0 Å². The zero-order chi connectivity index (χ0) is 22.8. The fourth-order valence-electron chi connectivity index (χ4n) is 4.18. The van der Waals surface area contributed by atoms with Crippen LogP contribution in [0, 0.1) is 0 Å². The molecule has 0 aliphatic carbocycles. The smallest absolute Gasteiger partial charge is 0.339 e. The Morgan fingerprint density at radius 3 is 2.22 bits per heavy atom. The third-order valence-electron chi connectivity index (χ3n) is 5.96. The molecule has 8 heteroatoms. The van der Waals surface area contributed by atoms with Gasteiger partial charge in [-0.3, -0.25) is 9.59 Å². The fourth-order valence-corrected chi connectivity index (χ4v) is 5.64. The Labute approximate surface area is 189 Å². The predicted octanol–water partition coefficient (Wildman–Crippen LogP) is 4.93. The standard InChI is InChI=1S/C24H23F3N2O2S/c25-24(26,27)20-9-7-19(8-10-20)22(31)29-16-17-32-23(29)12-14-28(15-13-23)21(30)11-6-18-4-2-1-3-5-18/h1-11H,12-17H2/b11-6+. The third kappa shape index (κ3) is 4.70. The molecule has 32 heavy (non-hydrogen) atoms. The topological polar surface area (TPSA) is 40.6 Å². The Hall–Kier alpha value is -2.74. The third-order valence-corrected chi connectivity index (χ3v) is 7.51. The van der Waals surface area contributed by atoms with Crippen molar-refractivity contribution in [2.45, 2.75) is 23.9 Å². The maximum Gasteiger partial charge on any atom is 0.416 e. The summed E-state index contributed by atoms with van der Waals surface area (Å²) >= 11 is 1.70. The first-order chi connectivity index (χ1) is 15.3. The molecule has 0 atom stereocenters. The van der Waals surface area contributed by atoms with Gasteiger partial charge < -0.3 is 9.80 Å². The first kappa shape index (κ1) is 22.5. The summed E-state index contributed by atoms with van der Waals surface area (Å²) in [6, 6.07) is 14.0. The highest BCUT2D eigenvalue weighted by molar-refractivity contribution is 8.00. The molecule has 2 aliphatic heterocycles. The monoisotopic (exact) mass is 460 g/mol. The van der Waals surface area contributed by atoms with E-state index in [0.29, 0.717) is 32.5 Å². The van der Waals surface area contributed by atoms with Crippen LogP contribution in [-0.2, 0) is 11.0 Å². The van der Waals surface area contributed by atoms with E-state index in [2.05, 4.69) is 0 Å². The molecule has 2 fully saturated rings. The van der Waals surface area contributed by atoms with Crippen molar-refractivity contribution in [1.82, 2.24) is 9.80 Å². The van der Waals surface area contributed by atoms with Crippen LogP contribution in [0.2, 0.25) is 0 Å². The van der Waals surface area contributed by atoms with Crippen molar-refractivity contribution < 1.29 is 22.8 Å². The summed E-state index contributed by atoms with van der Waals surface area (Å²) in [5.41, 5.74) is 0.438. The number of alkyl halides is 3. The highest BCUT2D eigenvalue weighted by Gasteiger charge is 2.47. The summed E-state index contributed by atoms with van der Waals surface area (Å²) in [5, 5.41) is 0. The molecule has 2 aliphatic rings. The van der Waals surface area contributed by atoms with Gasteiger partial charge in [0.2, 0.25) is 5.91 Å². The molecule has 0 radical (unpaired) electrons. The lowest BCUT2D eigenvalue weighted by molar-refractivity contribution is -0.137. The van der Waals surface area contributed by atoms with Crippen LogP contribution < -0.4 is 0 Å². The van der Waals surface area contributed by atoms with Gasteiger partial charge in [-0.1, -0.05) is 30.3 Å². The second-order valence-corrected chi connectivity index (χ2v) is 9.35. The number of rotatable bonds is 3. The molecule has 168 valence electrons. The van der Waals surface area contributed by atoms with Gasteiger partial charge in [0.25, 0.3) is 5.91 Å². The second-order valence-electron chi connectivity index (χ2n) is 7.90. The van der Waals surface area contributed by atoms with Gasteiger partial charge in [-0.05, 0) is 48.7 Å². The Bertz CT molecular complexity index is 998. The van der Waals surface area contributed by atoms with Crippen molar-refractivity contribution in [1.29, 1.82) is 0 Å². The number of hydrogen-bond acceptors (Lipinski definition) is 3. The number of nitrogens with zero attached hydrogens (tertiary/aromatic N) is 2. The Kier molecular flexibility index (Phi) is 6.33. The molecule has 0 bridgehead atoms. The SMILES string of the molecule is O=C(/C=C/c1ccccc1)N1CCC2(CC1)SCCN2C(=O)c1ccc(C(F)(F)F)cc1. The summed E-state index contributed by atoms with van der Waals surface area (Å²) < 4.78 is 38.5. The first-order valence-electron chi connectivity index (χ1n) is 10.4. The lowest BCUT2D eigenvalue weighted by Gasteiger charge is -2.44. The Morgan fingerprint density at radius 2 is 1.59 bits per heavy atom. The zero-order valence-electron chi connectivity index (χ0n) is 17.3. The minimum absolute atomic E-state index is 0.0627. The van der Waals surface area contributed by atoms with Crippen LogP contribution in [0.3, 0.4) is 0 Å². The van der Waals surface area contributed by atoms with Crippen LogP contribution in [-0.4, -0.2) is 51.9 Å². The van der Waals surface area contributed by atoms with Crippen LogP contribution in [0.5, 0.6) is 0 Å². The van der Waals surface area contributed by atoms with Crippen LogP contribution in [0.25, 0.3) is 6.08 Å². The number of carbonyl (C=O) groups excluding carboxylic acids is 2. The average molecular weight is 461 g/mol. The largest absolute Gasteiger partial charge is 0.416 e. The van der Waals surface area contributed by atoms with Gasteiger partial charge in [-0.25, -0.2) is 0 Å². The highest BCUT2D eigenvalue weighted by Crippen LogP contribution is 2.44. The molecule has 0 aromatic heterocycles. The molecule has 0 N–H and O–H groups in total. The molecule has 4 nitrogen and oxygen atoms in total. The van der Waals surface area contributed by atoms with E-state index in [-0.39, 0.29) is 17.4 Å². The Morgan fingerprint density at radius 1 is 0.938 bits per heavy atom. The number of hydrogen-bond donors (Lipinski definition) is 0. The van der Waals surface area contributed by atoms with E-state index in [0.717, 1.165) is 23.4 Å². The maximum atomic E-state index is 13.1. The van der Waals surface area contributed by atoms with E-state index in [9.17, 15) is 22.8 Å². The van der Waals surface area contributed by atoms with E-state index in [1.807, 2.05) is 30.3 Å². The number of likely N-dealkylation sites (tertiary alicyclic amines) is 1. The molecule has 2 heterocycles. The highest BCUT2D eigenvalue weighted by atomic mass is 32.2. The lowest BCUT2D eigenvalue weighted by Crippen LogP contribution is -2.53. The van der Waals surface area contributed by atoms with E-state index in [1.165, 1.54) is 12.1 Å². The van der Waals surface area contributed by atoms with Gasteiger partial charge in [-0.15, -0.1) is 11.8 Å². The van der Waals surface area contributed by atoms with Gasteiger partial charge in [0.1, 0.15) is 0 Å². The quantitative estimate of drug-likeness (QED) is 0.610. The Balaban J connectivity index is 1.41. The minimum Gasteiger partial charge on any atom is -0.339 e. The zero-order valence-corrected chi connectivity index (χ0v) is 18.2. The number of piperidine rings is 1. The molecular weight excluding hydrogens is 437 g/mol. The maximum absolute atomic E-state index is 13.1. The predicted molar refractivity (Wildman–Crippen MR) is 119 cm³/mol. The number of carbonyl (C=O) groups is 2. The molecule has 0 unspecified atom stereocenters. The van der Waals surface area contributed by atoms with Crippen molar-refractivity contribution in [2.75, 3.05) is 25.4 Å². The average Bonchev–Trinajstić information content (AvgIpc) is 3.20. The van der Waals surface area contributed by atoms with Gasteiger partial charge in [0.05, 0.1) is 10.4 Å². The van der Waals surface area contributed by atoms with Gasteiger partial charge in [0.15, 0.2) is 0 Å². The number of benzene rings is 2. The molecular formula is C24H23F3N2O2S. The molecule has 1 spiro atoms. The number of halogens is 3. The van der Waals surface area contributed by atoms with Crippen molar-refractivity contribution in [2.24, 2.45) is 0 Å². The number of thioether (sulfide) groups is 1. The van der Waals surface area contributed by atoms with E-state index < -0.39 is 16.6 Å². The lowest BCUT2D eigenvalue weighted by atomic mass is 10.0. The van der Waals surface area contributed by atoms with Crippen LogP contribution in [0.4, 0.5) is 13.2 Å².